The summed E-state index contributed by atoms with van der Waals surface area (Å²) in [5.74, 6) is -0.142. The zero-order valence-electron chi connectivity index (χ0n) is 11.5. The maximum atomic E-state index is 12.5. The average molecular weight is 268 g/mol. The highest BCUT2D eigenvalue weighted by atomic mass is 16.2. The van der Waals surface area contributed by atoms with Crippen molar-refractivity contribution in [2.75, 3.05) is 11.9 Å². The minimum absolute atomic E-state index is 0.142. The predicted octanol–water partition coefficient (Wildman–Crippen LogP) is 3.02. The Labute approximate surface area is 117 Å². The van der Waals surface area contributed by atoms with Crippen molar-refractivity contribution in [3.05, 3.63) is 42.5 Å². The summed E-state index contributed by atoms with van der Waals surface area (Å²) >= 11 is 0. The minimum Gasteiger partial charge on any atom is -0.315 e. The van der Waals surface area contributed by atoms with Gasteiger partial charge in [-0.3, -0.25) is 4.79 Å². The third kappa shape index (κ3) is 1.68. The molecule has 1 aliphatic rings. The predicted molar refractivity (Wildman–Crippen MR) is 78.7 cm³/mol. The number of carbonyl (C=O) groups excluding carboxylic acids is 2. The molecule has 2 aromatic rings. The molecular formula is C16H16N2O2. The fourth-order valence-electron chi connectivity index (χ4n) is 2.77. The van der Waals surface area contributed by atoms with E-state index in [2.05, 4.69) is 0 Å². The number of carbonyl (C=O) groups is 2. The first-order chi connectivity index (χ1) is 9.65. The Balaban J connectivity index is 2.16. The summed E-state index contributed by atoms with van der Waals surface area (Å²) in [6.07, 6.45) is 0.627. The van der Waals surface area contributed by atoms with Crippen LogP contribution in [0.1, 0.15) is 13.3 Å². The van der Waals surface area contributed by atoms with Gasteiger partial charge in [-0.1, -0.05) is 43.3 Å². The smallest absolute Gasteiger partial charge is 0.315 e. The van der Waals surface area contributed by atoms with Crippen molar-refractivity contribution in [2.24, 2.45) is 0 Å². The summed E-state index contributed by atoms with van der Waals surface area (Å²) in [6, 6.07) is 12.8. The highest BCUT2D eigenvalue weighted by Crippen LogP contribution is 2.31. The number of fused-ring (bicyclic) bond motifs is 1. The SMILES string of the molecule is CCC1C(=O)N(c2cccc3ccccc23)C(=O)N1C. The average Bonchev–Trinajstić information content (AvgIpc) is 2.68. The molecule has 1 aliphatic heterocycles. The molecule has 1 atom stereocenters. The molecule has 102 valence electrons. The Kier molecular flexibility index (Phi) is 2.93. The van der Waals surface area contributed by atoms with Crippen molar-refractivity contribution < 1.29 is 9.59 Å². The highest BCUT2D eigenvalue weighted by molar-refractivity contribution is 6.24. The second kappa shape index (κ2) is 4.63. The Morgan fingerprint density at radius 3 is 2.45 bits per heavy atom. The molecule has 0 bridgehead atoms. The van der Waals surface area contributed by atoms with Crippen LogP contribution in [0.2, 0.25) is 0 Å². The van der Waals surface area contributed by atoms with Gasteiger partial charge in [-0.25, -0.2) is 9.69 Å². The molecule has 0 spiro atoms. The van der Waals surface area contributed by atoms with Crippen LogP contribution in [0, 0.1) is 0 Å². The van der Waals surface area contributed by atoms with E-state index in [1.165, 1.54) is 9.80 Å². The van der Waals surface area contributed by atoms with Gasteiger partial charge in [0.1, 0.15) is 6.04 Å². The molecule has 0 radical (unpaired) electrons. The van der Waals surface area contributed by atoms with Gasteiger partial charge in [0.15, 0.2) is 0 Å². The molecule has 1 heterocycles. The van der Waals surface area contributed by atoms with Crippen LogP contribution in [0.3, 0.4) is 0 Å². The quantitative estimate of drug-likeness (QED) is 0.785. The van der Waals surface area contributed by atoms with Gasteiger partial charge < -0.3 is 4.90 Å². The van der Waals surface area contributed by atoms with Crippen molar-refractivity contribution in [3.8, 4) is 0 Å². The maximum absolute atomic E-state index is 12.5. The van der Waals surface area contributed by atoms with Gasteiger partial charge in [0.2, 0.25) is 0 Å². The van der Waals surface area contributed by atoms with Gasteiger partial charge in [0, 0.05) is 12.4 Å². The third-order valence-corrected chi connectivity index (χ3v) is 3.86. The normalized spacial score (nSPS) is 19.2. The lowest BCUT2D eigenvalue weighted by Gasteiger charge is -2.16. The third-order valence-electron chi connectivity index (χ3n) is 3.86. The number of likely N-dealkylation sites (N-methyl/N-ethyl adjacent to an activating group) is 1. The molecule has 3 rings (SSSR count). The Morgan fingerprint density at radius 2 is 1.75 bits per heavy atom. The van der Waals surface area contributed by atoms with Gasteiger partial charge >= 0.3 is 6.03 Å². The van der Waals surface area contributed by atoms with Crippen molar-refractivity contribution in [1.82, 2.24) is 4.90 Å². The summed E-state index contributed by atoms with van der Waals surface area (Å²) in [5.41, 5.74) is 0.668. The van der Waals surface area contributed by atoms with E-state index in [-0.39, 0.29) is 18.0 Å². The molecule has 4 heteroatoms. The molecule has 1 unspecified atom stereocenters. The summed E-state index contributed by atoms with van der Waals surface area (Å²) < 4.78 is 0. The molecule has 1 fully saturated rings. The number of benzene rings is 2. The van der Waals surface area contributed by atoms with Crippen LogP contribution < -0.4 is 4.90 Å². The second-order valence-corrected chi connectivity index (χ2v) is 4.99. The first kappa shape index (κ1) is 12.7. The van der Waals surface area contributed by atoms with Gasteiger partial charge in [-0.2, -0.15) is 0 Å². The molecular weight excluding hydrogens is 252 g/mol. The number of imide groups is 1. The first-order valence-electron chi connectivity index (χ1n) is 6.73. The van der Waals surface area contributed by atoms with E-state index in [4.69, 9.17) is 0 Å². The zero-order valence-corrected chi connectivity index (χ0v) is 11.5. The number of rotatable bonds is 2. The summed E-state index contributed by atoms with van der Waals surface area (Å²) in [7, 11) is 1.68. The van der Waals surface area contributed by atoms with E-state index in [1.807, 2.05) is 49.4 Å². The second-order valence-electron chi connectivity index (χ2n) is 4.99. The summed E-state index contributed by atoms with van der Waals surface area (Å²) in [6.45, 7) is 1.92. The maximum Gasteiger partial charge on any atom is 0.331 e. The molecule has 20 heavy (non-hydrogen) atoms. The number of hydrogen-bond acceptors (Lipinski definition) is 2. The Hall–Kier alpha value is -2.36. The lowest BCUT2D eigenvalue weighted by Crippen LogP contribution is -2.31. The van der Waals surface area contributed by atoms with Crippen molar-refractivity contribution in [2.45, 2.75) is 19.4 Å². The molecule has 2 aromatic carbocycles. The van der Waals surface area contributed by atoms with E-state index >= 15 is 0 Å². The standard InChI is InChI=1S/C16H16N2O2/c1-3-13-15(19)18(16(20)17(13)2)14-10-6-8-11-7-4-5-9-12(11)14/h4-10,13H,3H2,1-2H3. The molecule has 1 saturated heterocycles. The van der Waals surface area contributed by atoms with E-state index in [1.54, 1.807) is 7.05 Å². The van der Waals surface area contributed by atoms with Crippen LogP contribution in [0.5, 0.6) is 0 Å². The molecule has 0 aromatic heterocycles. The molecule has 0 aliphatic carbocycles. The fraction of sp³-hybridized carbons (Fsp3) is 0.250. The molecule has 3 amide bonds. The van der Waals surface area contributed by atoms with Crippen LogP contribution in [-0.2, 0) is 4.79 Å². The van der Waals surface area contributed by atoms with E-state index < -0.39 is 0 Å². The Bertz CT molecular complexity index is 690. The number of nitrogens with zero attached hydrogens (tertiary/aromatic N) is 2. The number of anilines is 1. The van der Waals surface area contributed by atoms with Crippen LogP contribution in [-0.4, -0.2) is 29.9 Å². The van der Waals surface area contributed by atoms with E-state index in [0.717, 1.165) is 10.8 Å². The Morgan fingerprint density at radius 1 is 1.05 bits per heavy atom. The summed E-state index contributed by atoms with van der Waals surface area (Å²) in [5, 5.41) is 1.94. The lowest BCUT2D eigenvalue weighted by atomic mass is 10.1. The van der Waals surface area contributed by atoms with Crippen molar-refractivity contribution >= 4 is 28.4 Å². The van der Waals surface area contributed by atoms with Gasteiger partial charge in [-0.05, 0) is 17.9 Å². The first-order valence-corrected chi connectivity index (χ1v) is 6.73. The van der Waals surface area contributed by atoms with Crippen LogP contribution in [0.15, 0.2) is 42.5 Å². The topological polar surface area (TPSA) is 40.6 Å². The largest absolute Gasteiger partial charge is 0.331 e. The number of amides is 3. The fourth-order valence-corrected chi connectivity index (χ4v) is 2.77. The van der Waals surface area contributed by atoms with Crippen molar-refractivity contribution in [3.63, 3.8) is 0 Å². The van der Waals surface area contributed by atoms with Crippen molar-refractivity contribution in [1.29, 1.82) is 0 Å². The summed E-state index contributed by atoms with van der Waals surface area (Å²) in [4.78, 5) is 27.6. The zero-order chi connectivity index (χ0) is 14.3. The number of hydrogen-bond donors (Lipinski definition) is 0. The highest BCUT2D eigenvalue weighted by Gasteiger charge is 2.43. The van der Waals surface area contributed by atoms with Gasteiger partial charge in [-0.15, -0.1) is 0 Å². The van der Waals surface area contributed by atoms with Crippen LogP contribution in [0.25, 0.3) is 10.8 Å². The van der Waals surface area contributed by atoms with Gasteiger partial charge in [0.25, 0.3) is 5.91 Å². The monoisotopic (exact) mass is 268 g/mol. The molecule has 0 N–H and O–H groups in total. The van der Waals surface area contributed by atoms with E-state index in [9.17, 15) is 9.59 Å². The molecule has 0 saturated carbocycles. The van der Waals surface area contributed by atoms with Gasteiger partial charge in [0.05, 0.1) is 5.69 Å². The lowest BCUT2D eigenvalue weighted by molar-refractivity contribution is -0.119. The van der Waals surface area contributed by atoms with Crippen LogP contribution in [0.4, 0.5) is 10.5 Å². The van der Waals surface area contributed by atoms with Crippen LogP contribution >= 0.6 is 0 Å². The minimum atomic E-state index is -0.360. The molecule has 4 nitrogen and oxygen atoms in total. The number of urea groups is 1. The van der Waals surface area contributed by atoms with E-state index in [0.29, 0.717) is 12.1 Å².